The molecule has 0 saturated heterocycles. The van der Waals surface area contributed by atoms with Gasteiger partial charge >= 0.3 is 0 Å². The van der Waals surface area contributed by atoms with Crippen molar-refractivity contribution in [1.29, 1.82) is 0 Å². The van der Waals surface area contributed by atoms with Gasteiger partial charge in [-0.15, -0.1) is 16.4 Å². The van der Waals surface area contributed by atoms with Gasteiger partial charge in [0, 0.05) is 25.2 Å². The van der Waals surface area contributed by atoms with Crippen LogP contribution in [0.4, 0.5) is 5.95 Å². The third-order valence-corrected chi connectivity index (χ3v) is 4.82. The van der Waals surface area contributed by atoms with Gasteiger partial charge in [-0.2, -0.15) is 10.1 Å². The molecule has 0 spiro atoms. The molecule has 1 N–H and O–H groups in total. The first-order chi connectivity index (χ1) is 11.2. The van der Waals surface area contributed by atoms with Gasteiger partial charge in [0.25, 0.3) is 5.91 Å². The summed E-state index contributed by atoms with van der Waals surface area (Å²) in [5, 5.41) is 13.4. The zero-order chi connectivity index (χ0) is 15.8. The van der Waals surface area contributed by atoms with Crippen LogP contribution in [0.25, 0.3) is 0 Å². The molecule has 0 aromatic carbocycles. The normalized spacial score (nSPS) is 17.0. The molecule has 0 bridgehead atoms. The molecule has 8 heteroatoms. The number of amides is 1. The van der Waals surface area contributed by atoms with Crippen LogP contribution in [0.3, 0.4) is 0 Å². The predicted octanol–water partition coefficient (Wildman–Crippen LogP) is 2.25. The van der Waals surface area contributed by atoms with E-state index >= 15 is 0 Å². The zero-order valence-electron chi connectivity index (χ0n) is 12.6. The molecule has 1 aliphatic rings. The maximum absolute atomic E-state index is 12.1. The number of rotatable bonds is 3. The van der Waals surface area contributed by atoms with E-state index < -0.39 is 0 Å². The summed E-state index contributed by atoms with van der Waals surface area (Å²) in [6, 6.07) is 3.77. The summed E-state index contributed by atoms with van der Waals surface area (Å²) in [6.07, 6.45) is 6.80. The summed E-state index contributed by atoms with van der Waals surface area (Å²) in [6.45, 7) is 0. The summed E-state index contributed by atoms with van der Waals surface area (Å²) >= 11 is 1.40. The third-order valence-electron chi connectivity index (χ3n) is 3.95. The molecule has 3 aromatic heterocycles. The highest BCUT2D eigenvalue weighted by atomic mass is 32.1. The molecule has 0 radical (unpaired) electrons. The standard InChI is InChI=1S/C15H16N6OS/c1-20-9-10(8-16-20)11-4-2-6-13-17-15(19-21(11)13)18-14(22)12-5-3-7-23-12/h3,5,7-9,11H,2,4,6H2,1H3,(H,18,19,22). The van der Waals surface area contributed by atoms with Gasteiger partial charge in [-0.1, -0.05) is 6.07 Å². The van der Waals surface area contributed by atoms with E-state index in [-0.39, 0.29) is 11.9 Å². The van der Waals surface area contributed by atoms with E-state index in [1.54, 1.807) is 10.7 Å². The van der Waals surface area contributed by atoms with Crippen LogP contribution in [0.2, 0.25) is 0 Å². The van der Waals surface area contributed by atoms with Crippen molar-refractivity contribution in [1.82, 2.24) is 24.5 Å². The fraction of sp³-hybridized carbons (Fsp3) is 0.333. The van der Waals surface area contributed by atoms with Crippen molar-refractivity contribution in [2.45, 2.75) is 25.3 Å². The summed E-state index contributed by atoms with van der Waals surface area (Å²) < 4.78 is 3.71. The van der Waals surface area contributed by atoms with Crippen molar-refractivity contribution in [3.8, 4) is 0 Å². The van der Waals surface area contributed by atoms with Crippen molar-refractivity contribution in [3.05, 3.63) is 46.2 Å². The van der Waals surface area contributed by atoms with Crippen molar-refractivity contribution in [2.75, 3.05) is 5.32 Å². The number of carbonyl (C=O) groups is 1. The molecule has 4 rings (SSSR count). The number of hydrogen-bond acceptors (Lipinski definition) is 5. The van der Waals surface area contributed by atoms with Crippen molar-refractivity contribution in [3.63, 3.8) is 0 Å². The number of aryl methyl sites for hydroxylation is 2. The van der Waals surface area contributed by atoms with Crippen LogP contribution >= 0.6 is 11.3 Å². The van der Waals surface area contributed by atoms with Crippen LogP contribution < -0.4 is 5.32 Å². The van der Waals surface area contributed by atoms with Crippen molar-refractivity contribution in [2.24, 2.45) is 7.05 Å². The molecule has 0 aliphatic carbocycles. The van der Waals surface area contributed by atoms with Gasteiger partial charge < -0.3 is 0 Å². The summed E-state index contributed by atoms with van der Waals surface area (Å²) in [5.74, 6) is 1.11. The second-order valence-corrected chi connectivity index (χ2v) is 6.53. The van der Waals surface area contributed by atoms with E-state index in [0.717, 1.165) is 30.7 Å². The van der Waals surface area contributed by atoms with E-state index in [0.29, 0.717) is 10.8 Å². The Morgan fingerprint density at radius 1 is 1.48 bits per heavy atom. The van der Waals surface area contributed by atoms with Gasteiger partial charge in [0.05, 0.1) is 17.1 Å². The number of fused-ring (bicyclic) bond motifs is 1. The lowest BCUT2D eigenvalue weighted by Gasteiger charge is -2.22. The average molecular weight is 328 g/mol. The molecule has 0 saturated carbocycles. The highest BCUT2D eigenvalue weighted by Crippen LogP contribution is 2.29. The third kappa shape index (κ3) is 2.65. The number of nitrogens with one attached hydrogen (secondary N) is 1. The van der Waals surface area contributed by atoms with Crippen molar-refractivity contribution >= 4 is 23.2 Å². The Bertz CT molecular complexity index is 834. The predicted molar refractivity (Wildman–Crippen MR) is 86.6 cm³/mol. The first-order valence-corrected chi connectivity index (χ1v) is 8.37. The minimum Gasteiger partial charge on any atom is -0.288 e. The molecule has 4 heterocycles. The summed E-state index contributed by atoms with van der Waals surface area (Å²) in [7, 11) is 1.90. The van der Waals surface area contributed by atoms with Crippen molar-refractivity contribution < 1.29 is 4.79 Å². The minimum absolute atomic E-state index is 0.132. The highest BCUT2D eigenvalue weighted by molar-refractivity contribution is 7.12. The first kappa shape index (κ1) is 14.1. The SMILES string of the molecule is Cn1cc(C2CCCc3nc(NC(=O)c4cccs4)nn32)cn1. The maximum Gasteiger partial charge on any atom is 0.268 e. The lowest BCUT2D eigenvalue weighted by Crippen LogP contribution is -2.20. The quantitative estimate of drug-likeness (QED) is 0.800. The Morgan fingerprint density at radius 2 is 2.39 bits per heavy atom. The Balaban J connectivity index is 1.60. The molecule has 1 atom stereocenters. The monoisotopic (exact) mass is 328 g/mol. The van der Waals surface area contributed by atoms with Crippen LogP contribution in [0, 0.1) is 0 Å². The second kappa shape index (κ2) is 5.62. The highest BCUT2D eigenvalue weighted by Gasteiger charge is 2.26. The smallest absolute Gasteiger partial charge is 0.268 e. The lowest BCUT2D eigenvalue weighted by atomic mass is 10.0. The van der Waals surface area contributed by atoms with Gasteiger partial charge in [0.2, 0.25) is 5.95 Å². The van der Waals surface area contributed by atoms with Gasteiger partial charge in [-0.25, -0.2) is 4.68 Å². The van der Waals surface area contributed by atoms with Crippen LogP contribution in [0.5, 0.6) is 0 Å². The first-order valence-electron chi connectivity index (χ1n) is 7.49. The Kier molecular flexibility index (Phi) is 3.45. The minimum atomic E-state index is -0.166. The molecule has 118 valence electrons. The largest absolute Gasteiger partial charge is 0.288 e. The fourth-order valence-corrected chi connectivity index (χ4v) is 3.51. The molecule has 23 heavy (non-hydrogen) atoms. The van der Waals surface area contributed by atoms with E-state index in [2.05, 4.69) is 20.5 Å². The van der Waals surface area contributed by atoms with E-state index in [1.165, 1.54) is 11.3 Å². The fourth-order valence-electron chi connectivity index (χ4n) is 2.90. The van der Waals surface area contributed by atoms with Gasteiger partial charge in [0.1, 0.15) is 5.82 Å². The molecule has 1 unspecified atom stereocenters. The van der Waals surface area contributed by atoms with Gasteiger partial charge in [-0.05, 0) is 24.3 Å². The van der Waals surface area contributed by atoms with E-state index in [9.17, 15) is 4.79 Å². The molecular formula is C15H16N6OS. The topological polar surface area (TPSA) is 77.6 Å². The van der Waals surface area contributed by atoms with Gasteiger partial charge in [0.15, 0.2) is 0 Å². The Labute approximate surface area is 137 Å². The molecule has 0 fully saturated rings. The molecule has 3 aromatic rings. The number of thiophene rings is 1. The van der Waals surface area contributed by atoms with Crippen LogP contribution in [0.15, 0.2) is 29.9 Å². The van der Waals surface area contributed by atoms with Gasteiger partial charge in [-0.3, -0.25) is 14.8 Å². The Hall–Kier alpha value is -2.48. The van der Waals surface area contributed by atoms with E-state index in [4.69, 9.17) is 0 Å². The van der Waals surface area contributed by atoms with Crippen LogP contribution in [-0.2, 0) is 13.5 Å². The Morgan fingerprint density at radius 3 is 3.13 bits per heavy atom. The molecule has 1 amide bonds. The number of aromatic nitrogens is 5. The molecule has 1 aliphatic heterocycles. The maximum atomic E-state index is 12.1. The van der Waals surface area contributed by atoms with Crippen LogP contribution in [-0.4, -0.2) is 30.5 Å². The summed E-state index contributed by atoms with van der Waals surface area (Å²) in [5.41, 5.74) is 1.12. The number of anilines is 1. The molecule has 7 nitrogen and oxygen atoms in total. The number of hydrogen-bond donors (Lipinski definition) is 1. The molecular weight excluding hydrogens is 312 g/mol. The zero-order valence-corrected chi connectivity index (χ0v) is 13.5. The average Bonchev–Trinajstić information content (AvgIpc) is 3.26. The summed E-state index contributed by atoms with van der Waals surface area (Å²) in [4.78, 5) is 17.3. The lowest BCUT2D eigenvalue weighted by molar-refractivity contribution is 0.102. The van der Waals surface area contributed by atoms with E-state index in [1.807, 2.05) is 35.6 Å². The number of carbonyl (C=O) groups excluding carboxylic acids is 1. The number of nitrogens with zero attached hydrogens (tertiary/aromatic N) is 5. The van der Waals surface area contributed by atoms with Crippen LogP contribution in [0.1, 0.15) is 39.9 Å². The second-order valence-electron chi connectivity index (χ2n) is 5.58.